The Kier molecular flexibility index (Phi) is 2.21. The maximum absolute atomic E-state index is 5.05. The van der Waals surface area contributed by atoms with E-state index in [4.69, 9.17) is 12.2 Å². The van der Waals surface area contributed by atoms with E-state index in [1.54, 1.807) is 0 Å². The molecule has 1 N–H and O–H groups in total. The number of para-hydroxylation sites is 1. The maximum Gasteiger partial charge on any atom is 0.199 e. The van der Waals surface area contributed by atoms with Crippen molar-refractivity contribution in [2.75, 3.05) is 19.0 Å². The number of aromatic amines is 1. The number of hydrogen-bond donors (Lipinski definition) is 1. The van der Waals surface area contributed by atoms with Crippen LogP contribution in [0, 0.1) is 4.77 Å². The average Bonchev–Trinajstić information content (AvgIpc) is 2.16. The molecular weight excluding hydrogens is 194 g/mol. The molecule has 0 fully saturated rings. The molecule has 2 rings (SSSR count). The number of hydrogen-bond acceptors (Lipinski definition) is 3. The number of nitrogens with one attached hydrogen (secondary N) is 1. The van der Waals surface area contributed by atoms with Crippen LogP contribution in [0.3, 0.4) is 0 Å². The Morgan fingerprint density at radius 3 is 2.71 bits per heavy atom. The number of anilines is 1. The first-order valence-corrected chi connectivity index (χ1v) is 4.75. The largest absolute Gasteiger partial charge is 0.362 e. The van der Waals surface area contributed by atoms with Gasteiger partial charge in [-0.25, -0.2) is 4.98 Å². The fourth-order valence-corrected chi connectivity index (χ4v) is 1.62. The molecule has 14 heavy (non-hydrogen) atoms. The van der Waals surface area contributed by atoms with Gasteiger partial charge in [0.15, 0.2) is 4.77 Å². The van der Waals surface area contributed by atoms with Crippen molar-refractivity contribution < 1.29 is 0 Å². The highest BCUT2D eigenvalue weighted by Gasteiger charge is 2.03. The molecule has 0 aliphatic heterocycles. The molecule has 0 amide bonds. The van der Waals surface area contributed by atoms with Crippen LogP contribution in [-0.4, -0.2) is 24.1 Å². The SMILES string of the molecule is CN(C)c1nc(=S)[nH]c2ccccc12. The van der Waals surface area contributed by atoms with Gasteiger partial charge in [-0.15, -0.1) is 0 Å². The zero-order valence-corrected chi connectivity index (χ0v) is 8.93. The molecule has 0 radical (unpaired) electrons. The van der Waals surface area contributed by atoms with E-state index < -0.39 is 0 Å². The van der Waals surface area contributed by atoms with Crippen molar-refractivity contribution in [3.05, 3.63) is 29.0 Å². The first-order valence-electron chi connectivity index (χ1n) is 4.35. The predicted octanol–water partition coefficient (Wildman–Crippen LogP) is 2.36. The second-order valence-electron chi connectivity index (χ2n) is 3.31. The number of aromatic nitrogens is 2. The van der Waals surface area contributed by atoms with Crippen molar-refractivity contribution in [2.24, 2.45) is 0 Å². The highest BCUT2D eigenvalue weighted by molar-refractivity contribution is 7.71. The van der Waals surface area contributed by atoms with Crippen LogP contribution >= 0.6 is 12.2 Å². The van der Waals surface area contributed by atoms with Crippen molar-refractivity contribution >= 4 is 28.9 Å². The molecule has 4 heteroatoms. The molecule has 3 nitrogen and oxygen atoms in total. The standard InChI is InChI=1S/C10H11N3S/c1-13(2)9-7-5-3-4-6-8(7)11-10(14)12-9/h3-6H,1-2H3,(H,11,12,14). The smallest absolute Gasteiger partial charge is 0.199 e. The lowest BCUT2D eigenvalue weighted by atomic mass is 10.2. The van der Waals surface area contributed by atoms with E-state index >= 15 is 0 Å². The predicted molar refractivity (Wildman–Crippen MR) is 61.3 cm³/mol. The highest BCUT2D eigenvalue weighted by atomic mass is 32.1. The third kappa shape index (κ3) is 1.48. The zero-order valence-electron chi connectivity index (χ0n) is 8.11. The molecule has 0 aliphatic carbocycles. The van der Waals surface area contributed by atoms with Gasteiger partial charge in [0, 0.05) is 19.5 Å². The molecule has 2 aromatic rings. The number of H-pyrrole nitrogens is 1. The molecule has 72 valence electrons. The molecule has 0 saturated heterocycles. The molecule has 1 aromatic carbocycles. The third-order valence-electron chi connectivity index (χ3n) is 2.04. The fourth-order valence-electron chi connectivity index (χ4n) is 1.43. The monoisotopic (exact) mass is 205 g/mol. The molecule has 0 saturated carbocycles. The Morgan fingerprint density at radius 1 is 1.29 bits per heavy atom. The van der Waals surface area contributed by atoms with E-state index in [1.807, 2.05) is 43.3 Å². The van der Waals surface area contributed by atoms with E-state index in [-0.39, 0.29) is 0 Å². The minimum absolute atomic E-state index is 0.521. The Bertz CT molecular complexity index is 516. The van der Waals surface area contributed by atoms with Crippen LogP contribution in [-0.2, 0) is 0 Å². The number of benzene rings is 1. The number of rotatable bonds is 1. The van der Waals surface area contributed by atoms with Crippen LogP contribution in [0.1, 0.15) is 0 Å². The Morgan fingerprint density at radius 2 is 2.00 bits per heavy atom. The van der Waals surface area contributed by atoms with Gasteiger partial charge < -0.3 is 9.88 Å². The summed E-state index contributed by atoms with van der Waals surface area (Å²) in [6.45, 7) is 0. The fraction of sp³-hybridized carbons (Fsp3) is 0.200. The maximum atomic E-state index is 5.05. The van der Waals surface area contributed by atoms with Gasteiger partial charge in [-0.1, -0.05) is 12.1 Å². The van der Waals surface area contributed by atoms with E-state index in [0.29, 0.717) is 4.77 Å². The summed E-state index contributed by atoms with van der Waals surface area (Å²) in [6, 6.07) is 8.00. The van der Waals surface area contributed by atoms with Crippen molar-refractivity contribution in [3.63, 3.8) is 0 Å². The van der Waals surface area contributed by atoms with Gasteiger partial charge >= 0.3 is 0 Å². The second-order valence-corrected chi connectivity index (χ2v) is 3.69. The summed E-state index contributed by atoms with van der Waals surface area (Å²) in [4.78, 5) is 9.31. The lowest BCUT2D eigenvalue weighted by molar-refractivity contribution is 1.05. The Labute approximate surface area is 87.4 Å². The third-order valence-corrected chi connectivity index (χ3v) is 2.23. The van der Waals surface area contributed by atoms with Crippen LogP contribution in [0.5, 0.6) is 0 Å². The summed E-state index contributed by atoms with van der Waals surface area (Å²) in [5, 5.41) is 1.09. The van der Waals surface area contributed by atoms with Crippen LogP contribution in [0.2, 0.25) is 0 Å². The van der Waals surface area contributed by atoms with Gasteiger partial charge in [0.25, 0.3) is 0 Å². The Balaban J connectivity index is 2.87. The molecule has 0 atom stereocenters. The highest BCUT2D eigenvalue weighted by Crippen LogP contribution is 2.20. The molecule has 0 spiro atoms. The number of nitrogens with zero attached hydrogens (tertiary/aromatic N) is 2. The molecule has 0 bridgehead atoms. The molecule has 0 unspecified atom stereocenters. The van der Waals surface area contributed by atoms with Gasteiger partial charge in [0.1, 0.15) is 5.82 Å². The van der Waals surface area contributed by atoms with Crippen molar-refractivity contribution in [1.82, 2.24) is 9.97 Å². The van der Waals surface area contributed by atoms with E-state index in [2.05, 4.69) is 9.97 Å². The molecule has 1 aromatic heterocycles. The van der Waals surface area contributed by atoms with Crippen molar-refractivity contribution in [1.29, 1.82) is 0 Å². The first-order chi connectivity index (χ1) is 6.68. The molecule has 0 aliphatic rings. The quantitative estimate of drug-likeness (QED) is 0.725. The summed E-state index contributed by atoms with van der Waals surface area (Å²) in [5.41, 5.74) is 1.02. The Hall–Kier alpha value is -1.42. The van der Waals surface area contributed by atoms with E-state index in [9.17, 15) is 0 Å². The lowest BCUT2D eigenvalue weighted by Gasteiger charge is -2.13. The number of fused-ring (bicyclic) bond motifs is 1. The summed E-state index contributed by atoms with van der Waals surface area (Å²) in [6.07, 6.45) is 0. The zero-order chi connectivity index (χ0) is 10.1. The van der Waals surface area contributed by atoms with Gasteiger partial charge in [-0.3, -0.25) is 0 Å². The van der Waals surface area contributed by atoms with Crippen molar-refractivity contribution in [3.8, 4) is 0 Å². The van der Waals surface area contributed by atoms with Gasteiger partial charge in [0.05, 0.1) is 5.52 Å². The van der Waals surface area contributed by atoms with Crippen molar-refractivity contribution in [2.45, 2.75) is 0 Å². The first kappa shape index (κ1) is 9.15. The van der Waals surface area contributed by atoms with Crippen LogP contribution in [0.25, 0.3) is 10.9 Å². The van der Waals surface area contributed by atoms with Crippen LogP contribution < -0.4 is 4.90 Å². The minimum Gasteiger partial charge on any atom is -0.362 e. The van der Waals surface area contributed by atoms with E-state index in [1.165, 1.54) is 0 Å². The van der Waals surface area contributed by atoms with Gasteiger partial charge in [0.2, 0.25) is 0 Å². The van der Waals surface area contributed by atoms with Gasteiger partial charge in [-0.2, -0.15) is 0 Å². The van der Waals surface area contributed by atoms with E-state index in [0.717, 1.165) is 16.7 Å². The van der Waals surface area contributed by atoms with Crippen LogP contribution in [0.4, 0.5) is 5.82 Å². The summed E-state index contributed by atoms with van der Waals surface area (Å²) in [7, 11) is 3.92. The van der Waals surface area contributed by atoms with Gasteiger partial charge in [-0.05, 0) is 24.4 Å². The molecule has 1 heterocycles. The topological polar surface area (TPSA) is 31.9 Å². The van der Waals surface area contributed by atoms with Crippen LogP contribution in [0.15, 0.2) is 24.3 Å². The second kappa shape index (κ2) is 3.38. The summed E-state index contributed by atoms with van der Waals surface area (Å²) < 4.78 is 0.521. The normalized spacial score (nSPS) is 10.4. The summed E-state index contributed by atoms with van der Waals surface area (Å²) >= 11 is 5.05. The molecular formula is C10H11N3S. The average molecular weight is 205 g/mol. The lowest BCUT2D eigenvalue weighted by Crippen LogP contribution is -2.11. The minimum atomic E-state index is 0.521. The summed E-state index contributed by atoms with van der Waals surface area (Å²) in [5.74, 6) is 0.907.